The van der Waals surface area contributed by atoms with Crippen molar-refractivity contribution in [3.8, 4) is 5.75 Å². The van der Waals surface area contributed by atoms with E-state index in [2.05, 4.69) is 15.3 Å². The number of fused-ring (bicyclic) bond motifs is 1. The second kappa shape index (κ2) is 7.93. The summed E-state index contributed by atoms with van der Waals surface area (Å²) in [6.45, 7) is 1.82. The molecule has 1 aliphatic rings. The normalized spacial score (nSPS) is 15.9. The number of nitrogens with zero attached hydrogens (tertiary/aromatic N) is 1. The zero-order valence-electron chi connectivity index (χ0n) is 16.8. The van der Waals surface area contributed by atoms with Gasteiger partial charge in [-0.15, -0.1) is 0 Å². The summed E-state index contributed by atoms with van der Waals surface area (Å²) in [5, 5.41) is 13.2. The highest BCUT2D eigenvalue weighted by Gasteiger charge is 2.41. The summed E-state index contributed by atoms with van der Waals surface area (Å²) in [5.74, 6) is 0.142. The molecule has 0 spiro atoms. The smallest absolute Gasteiger partial charge is 0.227 e. The number of aryl methyl sites for hydroxylation is 1. The van der Waals surface area contributed by atoms with Crippen molar-refractivity contribution in [2.45, 2.75) is 57.4 Å². The second-order valence-electron chi connectivity index (χ2n) is 8.04. The summed E-state index contributed by atoms with van der Waals surface area (Å²) >= 11 is 0. The molecule has 0 unspecified atom stereocenters. The van der Waals surface area contributed by atoms with Gasteiger partial charge in [-0.3, -0.25) is 9.59 Å². The Bertz CT molecular complexity index is 1140. The third-order valence-corrected chi connectivity index (χ3v) is 5.78. The van der Waals surface area contributed by atoms with Gasteiger partial charge in [0.05, 0.1) is 17.6 Å². The summed E-state index contributed by atoms with van der Waals surface area (Å²) in [6.07, 6.45) is 4.23. The predicted molar refractivity (Wildman–Crippen MR) is 109 cm³/mol. The summed E-state index contributed by atoms with van der Waals surface area (Å²) < 4.78 is 19.1. The molecule has 0 atom stereocenters. The Kier molecular flexibility index (Phi) is 5.32. The molecule has 158 valence electrons. The molecule has 3 aromatic rings. The Morgan fingerprint density at radius 3 is 2.83 bits per heavy atom. The molecule has 30 heavy (non-hydrogen) atoms. The maximum absolute atomic E-state index is 13.3. The molecule has 8 heteroatoms. The van der Waals surface area contributed by atoms with Crippen LogP contribution in [0.3, 0.4) is 0 Å². The third kappa shape index (κ3) is 3.94. The number of H-pyrrole nitrogens is 1. The molecule has 4 rings (SSSR count). The molecule has 2 aromatic heterocycles. The van der Waals surface area contributed by atoms with Gasteiger partial charge in [0.2, 0.25) is 17.1 Å². The van der Waals surface area contributed by atoms with Crippen LogP contribution < -0.4 is 10.7 Å². The number of carbonyl (C=O) groups excluding carboxylic acids is 1. The molecule has 1 aromatic carbocycles. The molecule has 0 aliphatic heterocycles. The van der Waals surface area contributed by atoms with Crippen LogP contribution in [0.4, 0.5) is 4.39 Å². The van der Waals surface area contributed by atoms with E-state index in [1.807, 2.05) is 0 Å². The van der Waals surface area contributed by atoms with E-state index in [1.54, 1.807) is 13.0 Å². The van der Waals surface area contributed by atoms with Crippen LogP contribution in [0.5, 0.6) is 5.75 Å². The van der Waals surface area contributed by atoms with Crippen molar-refractivity contribution in [2.75, 3.05) is 0 Å². The van der Waals surface area contributed by atoms with Gasteiger partial charge < -0.3 is 19.8 Å². The molecule has 7 nitrogen and oxygen atoms in total. The molecule has 2 heterocycles. The molecule has 1 fully saturated rings. The Labute approximate surface area is 172 Å². The molecular formula is C22H24FN3O4. The van der Waals surface area contributed by atoms with E-state index in [9.17, 15) is 19.1 Å². The van der Waals surface area contributed by atoms with Crippen LogP contribution >= 0.6 is 0 Å². The lowest BCUT2D eigenvalue weighted by atomic mass is 9.69. The predicted octanol–water partition coefficient (Wildman–Crippen LogP) is 3.58. The van der Waals surface area contributed by atoms with Crippen molar-refractivity contribution in [1.82, 2.24) is 15.3 Å². The minimum atomic E-state index is -0.714. The molecule has 1 saturated carbocycles. The minimum absolute atomic E-state index is 0.0990. The Morgan fingerprint density at radius 2 is 2.07 bits per heavy atom. The van der Waals surface area contributed by atoms with Crippen LogP contribution in [0.25, 0.3) is 11.0 Å². The number of aromatic hydroxyl groups is 1. The van der Waals surface area contributed by atoms with Crippen molar-refractivity contribution in [2.24, 2.45) is 0 Å². The van der Waals surface area contributed by atoms with Crippen molar-refractivity contribution in [1.29, 1.82) is 0 Å². The van der Waals surface area contributed by atoms with E-state index in [1.165, 1.54) is 18.2 Å². The standard InChI is InChI=1S/C22H24FN3O4/c1-13-9-17(27)20(29)21(30-13)22(7-3-2-4-8-22)11-19(28)24-12-18-25-15-6-5-14(23)10-16(15)26-18/h5-6,9-10,29H,2-4,7-8,11-12H2,1H3,(H,24,28)(H,25,26). The van der Waals surface area contributed by atoms with E-state index >= 15 is 0 Å². The Balaban J connectivity index is 1.53. The number of nitrogens with one attached hydrogen (secondary N) is 2. The van der Waals surface area contributed by atoms with Gasteiger partial charge in [0.1, 0.15) is 17.4 Å². The first-order chi connectivity index (χ1) is 14.4. The van der Waals surface area contributed by atoms with Gasteiger partial charge in [-0.25, -0.2) is 9.37 Å². The van der Waals surface area contributed by atoms with Gasteiger partial charge in [0, 0.05) is 17.9 Å². The number of amides is 1. The van der Waals surface area contributed by atoms with Crippen LogP contribution in [-0.4, -0.2) is 21.0 Å². The number of carbonyl (C=O) groups is 1. The monoisotopic (exact) mass is 413 g/mol. The first-order valence-electron chi connectivity index (χ1n) is 10.1. The van der Waals surface area contributed by atoms with Gasteiger partial charge in [-0.05, 0) is 38.0 Å². The van der Waals surface area contributed by atoms with E-state index in [0.717, 1.165) is 19.3 Å². The van der Waals surface area contributed by atoms with E-state index in [4.69, 9.17) is 4.42 Å². The highest BCUT2D eigenvalue weighted by molar-refractivity contribution is 5.78. The first-order valence-corrected chi connectivity index (χ1v) is 10.1. The van der Waals surface area contributed by atoms with E-state index in [-0.39, 0.29) is 30.5 Å². The molecule has 0 radical (unpaired) electrons. The third-order valence-electron chi connectivity index (χ3n) is 5.78. The highest BCUT2D eigenvalue weighted by Crippen LogP contribution is 2.44. The average Bonchev–Trinajstić information content (AvgIpc) is 3.12. The van der Waals surface area contributed by atoms with E-state index < -0.39 is 16.6 Å². The lowest BCUT2D eigenvalue weighted by Gasteiger charge is -2.36. The molecule has 0 bridgehead atoms. The second-order valence-corrected chi connectivity index (χ2v) is 8.04. The number of benzene rings is 1. The fraction of sp³-hybridized carbons (Fsp3) is 0.409. The van der Waals surface area contributed by atoms with Crippen LogP contribution in [-0.2, 0) is 16.8 Å². The largest absolute Gasteiger partial charge is 0.502 e. The Morgan fingerprint density at radius 1 is 1.30 bits per heavy atom. The van der Waals surface area contributed by atoms with Gasteiger partial charge in [0.15, 0.2) is 5.76 Å². The average molecular weight is 413 g/mol. The maximum atomic E-state index is 13.3. The SMILES string of the molecule is Cc1cc(=O)c(O)c(C2(CC(=O)NCc3nc4ccc(F)cc4[nH]3)CCCCC2)o1. The summed E-state index contributed by atoms with van der Waals surface area (Å²) in [6, 6.07) is 5.51. The molecular weight excluding hydrogens is 389 g/mol. The number of aromatic amines is 1. The quantitative estimate of drug-likeness (QED) is 0.593. The van der Waals surface area contributed by atoms with Crippen molar-refractivity contribution in [3.05, 3.63) is 57.7 Å². The first kappa shape index (κ1) is 20.1. The molecule has 1 amide bonds. The molecule has 0 saturated heterocycles. The number of imidazole rings is 1. The maximum Gasteiger partial charge on any atom is 0.227 e. The van der Waals surface area contributed by atoms with E-state index in [0.29, 0.717) is 35.5 Å². The fourth-order valence-corrected chi connectivity index (χ4v) is 4.35. The molecule has 3 N–H and O–H groups in total. The van der Waals surface area contributed by atoms with Crippen LogP contribution in [0, 0.1) is 12.7 Å². The van der Waals surface area contributed by atoms with Gasteiger partial charge in [-0.1, -0.05) is 19.3 Å². The zero-order valence-corrected chi connectivity index (χ0v) is 16.8. The number of rotatable bonds is 5. The number of hydrogen-bond acceptors (Lipinski definition) is 5. The van der Waals surface area contributed by atoms with Crippen molar-refractivity contribution < 1.29 is 18.7 Å². The van der Waals surface area contributed by atoms with Gasteiger partial charge >= 0.3 is 0 Å². The summed E-state index contributed by atoms with van der Waals surface area (Å²) in [4.78, 5) is 32.2. The zero-order chi connectivity index (χ0) is 21.3. The van der Waals surface area contributed by atoms with Crippen LogP contribution in [0.1, 0.15) is 55.9 Å². The van der Waals surface area contributed by atoms with Gasteiger partial charge in [-0.2, -0.15) is 0 Å². The van der Waals surface area contributed by atoms with Crippen molar-refractivity contribution in [3.63, 3.8) is 0 Å². The lowest BCUT2D eigenvalue weighted by molar-refractivity contribution is -0.123. The number of halogens is 1. The summed E-state index contributed by atoms with van der Waals surface area (Å²) in [5.41, 5.74) is -0.0202. The van der Waals surface area contributed by atoms with Crippen LogP contribution in [0.2, 0.25) is 0 Å². The fourth-order valence-electron chi connectivity index (χ4n) is 4.35. The summed E-state index contributed by atoms with van der Waals surface area (Å²) in [7, 11) is 0. The lowest BCUT2D eigenvalue weighted by Crippen LogP contribution is -2.37. The molecule has 1 aliphatic carbocycles. The topological polar surface area (TPSA) is 108 Å². The number of hydrogen-bond donors (Lipinski definition) is 3. The highest BCUT2D eigenvalue weighted by atomic mass is 19.1. The number of aromatic nitrogens is 2. The van der Waals surface area contributed by atoms with Gasteiger partial charge in [0.25, 0.3) is 0 Å². The Hall–Kier alpha value is -3.16. The van der Waals surface area contributed by atoms with Crippen molar-refractivity contribution >= 4 is 16.9 Å². The van der Waals surface area contributed by atoms with Crippen LogP contribution in [0.15, 0.2) is 33.5 Å². The minimum Gasteiger partial charge on any atom is -0.502 e.